The van der Waals surface area contributed by atoms with E-state index in [9.17, 15) is 13.2 Å². The maximum atomic E-state index is 12.7. The van der Waals surface area contributed by atoms with Gasteiger partial charge in [-0.2, -0.15) is 8.42 Å². The molecule has 1 aliphatic heterocycles. The van der Waals surface area contributed by atoms with Crippen molar-refractivity contribution in [2.24, 2.45) is 4.40 Å². The van der Waals surface area contributed by atoms with Crippen molar-refractivity contribution in [3.05, 3.63) is 78.9 Å². The number of carbonyl (C=O) groups is 1. The van der Waals surface area contributed by atoms with Crippen molar-refractivity contribution in [2.45, 2.75) is 10.1 Å². The Labute approximate surface area is 151 Å². The first-order valence-corrected chi connectivity index (χ1v) is 9.89. The first-order valence-electron chi connectivity index (χ1n) is 7.57. The van der Waals surface area contributed by atoms with E-state index < -0.39 is 15.3 Å². The summed E-state index contributed by atoms with van der Waals surface area (Å²) in [6.45, 7) is 3.84. The van der Waals surface area contributed by atoms with Crippen LogP contribution in [0.5, 0.6) is 0 Å². The lowest BCUT2D eigenvalue weighted by molar-refractivity contribution is -0.125. The van der Waals surface area contributed by atoms with Gasteiger partial charge in [0.05, 0.1) is 4.90 Å². The fourth-order valence-corrected chi connectivity index (χ4v) is 4.81. The van der Waals surface area contributed by atoms with Crippen LogP contribution in [0.25, 0.3) is 0 Å². The van der Waals surface area contributed by atoms with Gasteiger partial charge in [0, 0.05) is 6.54 Å². The second kappa shape index (κ2) is 7.25. The molecule has 2 aromatic rings. The zero-order valence-electron chi connectivity index (χ0n) is 13.3. The quantitative estimate of drug-likeness (QED) is 0.756. The summed E-state index contributed by atoms with van der Waals surface area (Å²) in [5.74, 6) is -0.196. The van der Waals surface area contributed by atoms with E-state index in [4.69, 9.17) is 0 Å². The third kappa shape index (κ3) is 3.67. The molecule has 0 bridgehead atoms. The molecule has 1 aliphatic rings. The first kappa shape index (κ1) is 17.4. The SMILES string of the molecule is C=CCN1C(=O)[C@H](c2ccccc2)SC1=NS(=O)(=O)c1ccccc1. The molecular weight excluding hydrogens is 356 g/mol. The molecule has 1 atom stereocenters. The number of sulfonamides is 1. The van der Waals surface area contributed by atoms with Crippen molar-refractivity contribution >= 4 is 32.9 Å². The fraction of sp³-hybridized carbons (Fsp3) is 0.111. The normalized spacial score (nSPS) is 19.4. The van der Waals surface area contributed by atoms with Crippen molar-refractivity contribution in [3.63, 3.8) is 0 Å². The van der Waals surface area contributed by atoms with E-state index in [0.717, 1.165) is 17.3 Å². The summed E-state index contributed by atoms with van der Waals surface area (Å²) >= 11 is 1.14. The Morgan fingerprint density at radius 2 is 1.68 bits per heavy atom. The highest BCUT2D eigenvalue weighted by molar-refractivity contribution is 8.15. The smallest absolute Gasteiger partial charge is 0.284 e. The van der Waals surface area contributed by atoms with Crippen LogP contribution in [-0.4, -0.2) is 30.9 Å². The van der Waals surface area contributed by atoms with Gasteiger partial charge in [-0.15, -0.1) is 11.0 Å². The van der Waals surface area contributed by atoms with E-state index >= 15 is 0 Å². The number of benzene rings is 2. The number of rotatable bonds is 5. The summed E-state index contributed by atoms with van der Waals surface area (Å²) in [6.07, 6.45) is 1.55. The average Bonchev–Trinajstić information content (AvgIpc) is 2.93. The predicted molar refractivity (Wildman–Crippen MR) is 99.7 cm³/mol. The first-order chi connectivity index (χ1) is 12.0. The topological polar surface area (TPSA) is 66.8 Å². The van der Waals surface area contributed by atoms with E-state index in [2.05, 4.69) is 11.0 Å². The van der Waals surface area contributed by atoms with Crippen molar-refractivity contribution < 1.29 is 13.2 Å². The molecule has 25 heavy (non-hydrogen) atoms. The molecule has 7 heteroatoms. The molecule has 1 amide bonds. The van der Waals surface area contributed by atoms with Gasteiger partial charge in [-0.3, -0.25) is 9.69 Å². The lowest BCUT2D eigenvalue weighted by atomic mass is 10.1. The van der Waals surface area contributed by atoms with Crippen LogP contribution >= 0.6 is 11.8 Å². The number of hydrogen-bond donors (Lipinski definition) is 0. The van der Waals surface area contributed by atoms with Gasteiger partial charge in [-0.05, 0) is 17.7 Å². The molecule has 0 unspecified atom stereocenters. The highest BCUT2D eigenvalue weighted by Gasteiger charge is 2.39. The maximum Gasteiger partial charge on any atom is 0.284 e. The van der Waals surface area contributed by atoms with Crippen LogP contribution in [0.2, 0.25) is 0 Å². The number of hydrogen-bond acceptors (Lipinski definition) is 4. The van der Waals surface area contributed by atoms with E-state index in [1.165, 1.54) is 17.0 Å². The molecule has 0 aromatic heterocycles. The number of amidine groups is 1. The molecule has 128 valence electrons. The Morgan fingerprint density at radius 1 is 1.08 bits per heavy atom. The van der Waals surface area contributed by atoms with Gasteiger partial charge in [0.1, 0.15) is 5.25 Å². The Morgan fingerprint density at radius 3 is 2.28 bits per heavy atom. The highest BCUT2D eigenvalue weighted by Crippen LogP contribution is 2.39. The minimum atomic E-state index is -3.89. The lowest BCUT2D eigenvalue weighted by Gasteiger charge is -2.13. The van der Waals surface area contributed by atoms with Crippen molar-refractivity contribution in [1.82, 2.24) is 4.90 Å². The average molecular weight is 372 g/mol. The van der Waals surface area contributed by atoms with Crippen molar-refractivity contribution in [2.75, 3.05) is 6.54 Å². The summed E-state index contributed by atoms with van der Waals surface area (Å²) in [4.78, 5) is 14.2. The number of nitrogens with zero attached hydrogens (tertiary/aromatic N) is 2. The van der Waals surface area contributed by atoms with Crippen molar-refractivity contribution in [1.29, 1.82) is 0 Å². The second-order valence-electron chi connectivity index (χ2n) is 5.31. The van der Waals surface area contributed by atoms with Crippen LogP contribution in [-0.2, 0) is 14.8 Å². The van der Waals surface area contributed by atoms with Crippen LogP contribution in [0.3, 0.4) is 0 Å². The number of thioether (sulfide) groups is 1. The molecule has 5 nitrogen and oxygen atoms in total. The van der Waals surface area contributed by atoms with Gasteiger partial charge in [-0.1, -0.05) is 66.4 Å². The van der Waals surface area contributed by atoms with Gasteiger partial charge in [0.2, 0.25) is 5.91 Å². The summed E-state index contributed by atoms with van der Waals surface area (Å²) < 4.78 is 29.0. The van der Waals surface area contributed by atoms with Crippen LogP contribution in [0.15, 0.2) is 82.6 Å². The summed E-state index contributed by atoms with van der Waals surface area (Å²) in [5.41, 5.74) is 0.814. The molecule has 0 saturated carbocycles. The molecule has 3 rings (SSSR count). The molecular formula is C18H16N2O3S2. The predicted octanol–water partition coefficient (Wildman–Crippen LogP) is 3.23. The van der Waals surface area contributed by atoms with Crippen LogP contribution in [0.4, 0.5) is 0 Å². The zero-order chi connectivity index (χ0) is 17.9. The van der Waals surface area contributed by atoms with E-state index in [1.54, 1.807) is 24.3 Å². The highest BCUT2D eigenvalue weighted by atomic mass is 32.2. The molecule has 0 aliphatic carbocycles. The number of carbonyl (C=O) groups excluding carboxylic acids is 1. The van der Waals surface area contributed by atoms with E-state index in [0.29, 0.717) is 0 Å². The molecule has 0 N–H and O–H groups in total. The molecule has 1 fully saturated rings. The fourth-order valence-electron chi connectivity index (χ4n) is 2.41. The molecule has 0 spiro atoms. The third-order valence-electron chi connectivity index (χ3n) is 3.60. The van der Waals surface area contributed by atoms with E-state index in [1.807, 2.05) is 30.3 Å². The van der Waals surface area contributed by atoms with Crippen LogP contribution in [0, 0.1) is 0 Å². The molecule has 2 aromatic carbocycles. The second-order valence-corrected chi connectivity index (χ2v) is 7.98. The minimum Gasteiger partial charge on any atom is -0.285 e. The Balaban J connectivity index is 1.99. The molecule has 1 heterocycles. The largest absolute Gasteiger partial charge is 0.285 e. The van der Waals surface area contributed by atoms with Crippen LogP contribution < -0.4 is 0 Å². The Kier molecular flexibility index (Phi) is 5.06. The van der Waals surface area contributed by atoms with Crippen molar-refractivity contribution in [3.8, 4) is 0 Å². The molecule has 1 saturated heterocycles. The third-order valence-corrected chi connectivity index (χ3v) is 6.23. The van der Waals surface area contributed by atoms with E-state index in [-0.39, 0.29) is 22.5 Å². The summed E-state index contributed by atoms with van der Waals surface area (Å²) in [6, 6.07) is 17.2. The Bertz CT molecular complexity index is 910. The van der Waals surface area contributed by atoms with Crippen LogP contribution in [0.1, 0.15) is 10.8 Å². The standard InChI is InChI=1S/C18H16N2O3S2/c1-2-13-20-17(21)16(14-9-5-3-6-10-14)24-18(20)19-25(22,23)15-11-7-4-8-12-15/h2-12,16H,1,13H2/t16-/m0/s1. The zero-order valence-corrected chi connectivity index (χ0v) is 14.9. The van der Waals surface area contributed by atoms with Gasteiger partial charge in [-0.25, -0.2) is 0 Å². The lowest BCUT2D eigenvalue weighted by Crippen LogP contribution is -2.30. The number of amides is 1. The summed E-state index contributed by atoms with van der Waals surface area (Å²) in [5, 5.41) is -0.339. The molecule has 0 radical (unpaired) electrons. The Hall–Kier alpha value is -2.38. The summed E-state index contributed by atoms with van der Waals surface area (Å²) in [7, 11) is -3.89. The van der Waals surface area contributed by atoms with Gasteiger partial charge < -0.3 is 0 Å². The van der Waals surface area contributed by atoms with Gasteiger partial charge >= 0.3 is 0 Å². The maximum absolute atomic E-state index is 12.7. The monoisotopic (exact) mass is 372 g/mol. The van der Waals surface area contributed by atoms with Gasteiger partial charge in [0.25, 0.3) is 10.0 Å². The minimum absolute atomic E-state index is 0.0947. The van der Waals surface area contributed by atoms with Gasteiger partial charge in [0.15, 0.2) is 5.17 Å².